The molecule has 1 aliphatic heterocycles. The summed E-state index contributed by atoms with van der Waals surface area (Å²) in [6, 6.07) is 5.15. The zero-order valence-electron chi connectivity index (χ0n) is 8.19. The molecule has 5 nitrogen and oxygen atoms in total. The standard InChI is InChI=1S/C9H11N3O2S/c1-6-11-8-4-2-3-7(5-10)9(8)15(13,14)12-6/h2-4H,5,10H2,1H3,(H,11,12). The summed E-state index contributed by atoms with van der Waals surface area (Å²) in [6.45, 7) is 1.79. The molecule has 0 aromatic heterocycles. The first-order chi connectivity index (χ1) is 7.04. The average Bonchev–Trinajstić information content (AvgIpc) is 2.14. The van der Waals surface area contributed by atoms with Crippen molar-refractivity contribution in [2.75, 3.05) is 5.32 Å². The van der Waals surface area contributed by atoms with E-state index in [4.69, 9.17) is 5.73 Å². The number of benzene rings is 1. The van der Waals surface area contributed by atoms with E-state index in [1.165, 1.54) is 0 Å². The highest BCUT2D eigenvalue weighted by molar-refractivity contribution is 7.90. The predicted octanol–water partition coefficient (Wildman–Crippen LogP) is 0.678. The Balaban J connectivity index is 2.75. The molecule has 0 spiro atoms. The number of amidine groups is 1. The van der Waals surface area contributed by atoms with E-state index in [1.807, 2.05) is 0 Å². The molecular formula is C9H11N3O2S. The van der Waals surface area contributed by atoms with Crippen LogP contribution in [0.1, 0.15) is 12.5 Å². The maximum Gasteiger partial charge on any atom is 0.286 e. The summed E-state index contributed by atoms with van der Waals surface area (Å²) in [5.41, 5.74) is 6.62. The fraction of sp³-hybridized carbons (Fsp3) is 0.222. The van der Waals surface area contributed by atoms with Crippen molar-refractivity contribution in [1.82, 2.24) is 0 Å². The van der Waals surface area contributed by atoms with Gasteiger partial charge in [0.15, 0.2) is 0 Å². The van der Waals surface area contributed by atoms with Crippen molar-refractivity contribution in [3.05, 3.63) is 23.8 Å². The molecule has 1 heterocycles. The maximum atomic E-state index is 11.8. The van der Waals surface area contributed by atoms with Gasteiger partial charge in [0.25, 0.3) is 10.0 Å². The molecular weight excluding hydrogens is 214 g/mol. The smallest absolute Gasteiger partial charge is 0.286 e. The van der Waals surface area contributed by atoms with Crippen LogP contribution in [0.4, 0.5) is 5.69 Å². The van der Waals surface area contributed by atoms with Gasteiger partial charge in [-0.3, -0.25) is 0 Å². The molecule has 80 valence electrons. The van der Waals surface area contributed by atoms with Gasteiger partial charge in [-0.25, -0.2) is 0 Å². The summed E-state index contributed by atoms with van der Waals surface area (Å²) < 4.78 is 27.1. The van der Waals surface area contributed by atoms with Gasteiger partial charge < -0.3 is 11.1 Å². The Kier molecular flexibility index (Phi) is 2.24. The van der Waals surface area contributed by atoms with Gasteiger partial charge in [0.1, 0.15) is 10.7 Å². The number of hydrogen-bond donors (Lipinski definition) is 2. The molecule has 15 heavy (non-hydrogen) atoms. The lowest BCUT2D eigenvalue weighted by Gasteiger charge is -2.18. The molecule has 0 fully saturated rings. The lowest BCUT2D eigenvalue weighted by Crippen LogP contribution is -2.20. The molecule has 0 atom stereocenters. The van der Waals surface area contributed by atoms with E-state index >= 15 is 0 Å². The van der Waals surface area contributed by atoms with Gasteiger partial charge >= 0.3 is 0 Å². The van der Waals surface area contributed by atoms with Crippen molar-refractivity contribution < 1.29 is 8.42 Å². The van der Waals surface area contributed by atoms with Gasteiger partial charge in [0, 0.05) is 6.54 Å². The van der Waals surface area contributed by atoms with Crippen LogP contribution in [0.15, 0.2) is 27.5 Å². The van der Waals surface area contributed by atoms with Gasteiger partial charge in [-0.05, 0) is 18.6 Å². The SMILES string of the molecule is CC1=NS(=O)(=O)c2c(CN)cccc2N1. The third-order valence-corrected chi connectivity index (χ3v) is 3.66. The Morgan fingerprint density at radius 1 is 1.47 bits per heavy atom. The van der Waals surface area contributed by atoms with Gasteiger partial charge in [0.2, 0.25) is 0 Å². The zero-order valence-corrected chi connectivity index (χ0v) is 9.00. The molecule has 6 heteroatoms. The maximum absolute atomic E-state index is 11.8. The minimum absolute atomic E-state index is 0.179. The number of nitrogens with zero attached hydrogens (tertiary/aromatic N) is 1. The third-order valence-electron chi connectivity index (χ3n) is 2.15. The van der Waals surface area contributed by atoms with Crippen LogP contribution in [0.25, 0.3) is 0 Å². The monoisotopic (exact) mass is 225 g/mol. The van der Waals surface area contributed by atoms with Crippen LogP contribution >= 0.6 is 0 Å². The fourth-order valence-electron chi connectivity index (χ4n) is 1.59. The average molecular weight is 225 g/mol. The van der Waals surface area contributed by atoms with E-state index in [9.17, 15) is 8.42 Å². The van der Waals surface area contributed by atoms with Crippen LogP contribution in [0.3, 0.4) is 0 Å². The molecule has 0 unspecified atom stereocenters. The van der Waals surface area contributed by atoms with Crippen molar-refractivity contribution in [2.24, 2.45) is 10.1 Å². The number of rotatable bonds is 1. The number of fused-ring (bicyclic) bond motifs is 1. The highest BCUT2D eigenvalue weighted by Gasteiger charge is 2.25. The Morgan fingerprint density at radius 2 is 2.20 bits per heavy atom. The van der Waals surface area contributed by atoms with Crippen molar-refractivity contribution in [3.8, 4) is 0 Å². The first-order valence-corrected chi connectivity index (χ1v) is 5.89. The number of nitrogens with one attached hydrogen (secondary N) is 1. The summed E-state index contributed by atoms with van der Waals surface area (Å²) >= 11 is 0. The van der Waals surface area contributed by atoms with E-state index in [0.29, 0.717) is 17.1 Å². The molecule has 0 radical (unpaired) electrons. The second-order valence-corrected chi connectivity index (χ2v) is 4.82. The number of anilines is 1. The highest BCUT2D eigenvalue weighted by atomic mass is 32.2. The molecule has 1 aromatic rings. The lowest BCUT2D eigenvalue weighted by atomic mass is 10.2. The molecule has 0 saturated carbocycles. The first kappa shape index (κ1) is 10.1. The Hall–Kier alpha value is -1.40. The Labute approximate surface area is 88.1 Å². The van der Waals surface area contributed by atoms with Gasteiger partial charge in [-0.15, -0.1) is 4.40 Å². The molecule has 0 bridgehead atoms. The normalized spacial score (nSPS) is 17.6. The number of sulfonamides is 1. The second-order valence-electron chi connectivity index (χ2n) is 3.27. The first-order valence-electron chi connectivity index (χ1n) is 4.45. The van der Waals surface area contributed by atoms with Crippen LogP contribution in [0.2, 0.25) is 0 Å². The van der Waals surface area contributed by atoms with Gasteiger partial charge in [0.05, 0.1) is 5.69 Å². The second kappa shape index (κ2) is 3.32. The van der Waals surface area contributed by atoms with Crippen LogP contribution in [0.5, 0.6) is 0 Å². The van der Waals surface area contributed by atoms with Gasteiger partial charge in [-0.1, -0.05) is 12.1 Å². The summed E-state index contributed by atoms with van der Waals surface area (Å²) in [5.74, 6) is 0.372. The topological polar surface area (TPSA) is 84.5 Å². The Bertz CT molecular complexity index is 534. The zero-order chi connectivity index (χ0) is 11.1. The minimum Gasteiger partial charge on any atom is -0.342 e. The molecule has 3 N–H and O–H groups in total. The molecule has 0 saturated heterocycles. The molecule has 2 rings (SSSR count). The summed E-state index contributed by atoms with van der Waals surface area (Å²) in [4.78, 5) is 0.193. The van der Waals surface area contributed by atoms with E-state index in [0.717, 1.165) is 0 Å². The van der Waals surface area contributed by atoms with Crippen LogP contribution in [-0.4, -0.2) is 14.3 Å². The molecule has 0 aliphatic carbocycles. The van der Waals surface area contributed by atoms with Crippen molar-refractivity contribution in [3.63, 3.8) is 0 Å². The van der Waals surface area contributed by atoms with Crippen molar-refractivity contribution >= 4 is 21.5 Å². The highest BCUT2D eigenvalue weighted by Crippen LogP contribution is 2.30. The van der Waals surface area contributed by atoms with E-state index in [-0.39, 0.29) is 11.4 Å². The van der Waals surface area contributed by atoms with Crippen LogP contribution in [0, 0.1) is 0 Å². The Morgan fingerprint density at radius 3 is 2.87 bits per heavy atom. The third kappa shape index (κ3) is 1.62. The van der Waals surface area contributed by atoms with Gasteiger partial charge in [-0.2, -0.15) is 8.42 Å². The molecule has 1 aliphatic rings. The van der Waals surface area contributed by atoms with Crippen LogP contribution in [-0.2, 0) is 16.6 Å². The summed E-state index contributed by atoms with van der Waals surface area (Å²) in [6.07, 6.45) is 0. The summed E-state index contributed by atoms with van der Waals surface area (Å²) in [7, 11) is -3.59. The quantitative estimate of drug-likeness (QED) is 0.736. The minimum atomic E-state index is -3.59. The molecule has 0 amide bonds. The summed E-state index contributed by atoms with van der Waals surface area (Å²) in [5, 5.41) is 2.91. The van der Waals surface area contributed by atoms with Crippen molar-refractivity contribution in [1.29, 1.82) is 0 Å². The number of hydrogen-bond acceptors (Lipinski definition) is 4. The number of nitrogens with two attached hydrogens (primary N) is 1. The largest absolute Gasteiger partial charge is 0.342 e. The van der Waals surface area contributed by atoms with Crippen LogP contribution < -0.4 is 11.1 Å². The molecule has 1 aromatic carbocycles. The fourth-order valence-corrected chi connectivity index (χ4v) is 2.97. The van der Waals surface area contributed by atoms with Crippen molar-refractivity contribution in [2.45, 2.75) is 18.4 Å². The lowest BCUT2D eigenvalue weighted by molar-refractivity contribution is 0.596. The predicted molar refractivity (Wildman–Crippen MR) is 58.3 cm³/mol. The van der Waals surface area contributed by atoms with E-state index in [1.54, 1.807) is 25.1 Å². The van der Waals surface area contributed by atoms with E-state index in [2.05, 4.69) is 9.71 Å². The van der Waals surface area contributed by atoms with E-state index < -0.39 is 10.0 Å².